The van der Waals surface area contributed by atoms with E-state index in [1.807, 2.05) is 0 Å². The topological polar surface area (TPSA) is 0 Å². The summed E-state index contributed by atoms with van der Waals surface area (Å²) in [7, 11) is 0. The SMILES string of the molecule is SC12C[C@@H]3C[C@H]4C5C6C[C@@H]7C[C@@H](C1[C@]5(C7)C3)[C@H]6C[C@H]42. The highest BCUT2D eigenvalue weighted by molar-refractivity contribution is 7.81. The van der Waals surface area contributed by atoms with Gasteiger partial charge < -0.3 is 0 Å². The molecule has 0 nitrogen and oxygen atoms in total. The van der Waals surface area contributed by atoms with Crippen LogP contribution in [0.4, 0.5) is 0 Å². The summed E-state index contributed by atoms with van der Waals surface area (Å²) in [6.45, 7) is 0. The standard InChI is InChI=1S/C18H24S/c19-18-7-9-3-13-14(18)4-10-11-1-8-2-12(10)16(18)17(5-8,6-9)15(11)13/h8-16,19H,1-7H2/t8-,9-,10+,11?,12-,13-,14-,15?,16?,17-,18?/m1/s1. The molecule has 11 atom stereocenters. The Morgan fingerprint density at radius 3 is 2.47 bits per heavy atom. The van der Waals surface area contributed by atoms with Crippen molar-refractivity contribution < 1.29 is 0 Å². The van der Waals surface area contributed by atoms with Crippen LogP contribution in [-0.2, 0) is 0 Å². The van der Waals surface area contributed by atoms with Gasteiger partial charge in [-0.3, -0.25) is 0 Å². The van der Waals surface area contributed by atoms with Crippen LogP contribution in [0.5, 0.6) is 0 Å². The first-order chi connectivity index (χ1) is 9.21. The third-order valence-electron chi connectivity index (χ3n) is 9.73. The number of rotatable bonds is 0. The van der Waals surface area contributed by atoms with Crippen molar-refractivity contribution in [2.75, 3.05) is 0 Å². The van der Waals surface area contributed by atoms with E-state index in [0.29, 0.717) is 4.75 Å². The molecule has 10 fully saturated rings. The van der Waals surface area contributed by atoms with Crippen molar-refractivity contribution in [3.8, 4) is 0 Å². The highest BCUT2D eigenvalue weighted by atomic mass is 32.1. The second kappa shape index (κ2) is 2.57. The average Bonchev–Trinajstić information content (AvgIpc) is 2.34. The molecule has 1 spiro atoms. The first-order valence-electron chi connectivity index (χ1n) is 8.93. The van der Waals surface area contributed by atoms with Crippen LogP contribution in [0.1, 0.15) is 44.9 Å². The van der Waals surface area contributed by atoms with E-state index < -0.39 is 0 Å². The van der Waals surface area contributed by atoms with Crippen LogP contribution in [-0.4, -0.2) is 4.75 Å². The van der Waals surface area contributed by atoms with Crippen LogP contribution < -0.4 is 0 Å². The zero-order chi connectivity index (χ0) is 12.1. The molecule has 11 bridgehead atoms. The fourth-order valence-corrected chi connectivity index (χ4v) is 11.4. The maximum Gasteiger partial charge on any atom is 0.0199 e. The van der Waals surface area contributed by atoms with Gasteiger partial charge in [-0.25, -0.2) is 0 Å². The minimum atomic E-state index is 0.511. The van der Waals surface area contributed by atoms with Gasteiger partial charge in [0, 0.05) is 4.75 Å². The molecule has 0 saturated heterocycles. The lowest BCUT2D eigenvalue weighted by molar-refractivity contribution is -0.336. The Kier molecular flexibility index (Phi) is 1.37. The summed E-state index contributed by atoms with van der Waals surface area (Å²) in [5.74, 6) is 10.1. The molecule has 0 amide bonds. The van der Waals surface area contributed by atoms with Crippen molar-refractivity contribution in [1.29, 1.82) is 0 Å². The highest BCUT2D eigenvalue weighted by Crippen LogP contribution is 2.86. The predicted molar refractivity (Wildman–Crippen MR) is 77.9 cm³/mol. The van der Waals surface area contributed by atoms with E-state index in [4.69, 9.17) is 12.6 Å². The summed E-state index contributed by atoms with van der Waals surface area (Å²) in [6.07, 6.45) is 11.3. The zero-order valence-electron chi connectivity index (χ0n) is 11.6. The Morgan fingerprint density at radius 2 is 1.53 bits per heavy atom. The van der Waals surface area contributed by atoms with Gasteiger partial charge in [-0.15, -0.1) is 0 Å². The molecule has 10 saturated carbocycles. The van der Waals surface area contributed by atoms with Crippen molar-refractivity contribution >= 4 is 12.6 Å². The zero-order valence-corrected chi connectivity index (χ0v) is 12.5. The molecule has 10 aliphatic rings. The van der Waals surface area contributed by atoms with Gasteiger partial charge in [0.2, 0.25) is 0 Å². The summed E-state index contributed by atoms with van der Waals surface area (Å²) >= 11 is 5.48. The van der Waals surface area contributed by atoms with Crippen LogP contribution >= 0.6 is 12.6 Å². The fraction of sp³-hybridized carbons (Fsp3) is 1.00. The van der Waals surface area contributed by atoms with E-state index in [2.05, 4.69) is 0 Å². The molecule has 0 aromatic rings. The molecule has 4 unspecified atom stereocenters. The fourth-order valence-electron chi connectivity index (χ4n) is 10.4. The summed E-state index contributed by atoms with van der Waals surface area (Å²) in [5.41, 5.74) is 0.831. The van der Waals surface area contributed by atoms with Crippen LogP contribution in [0.3, 0.4) is 0 Å². The summed E-state index contributed by atoms with van der Waals surface area (Å²) in [5, 5.41) is 0. The van der Waals surface area contributed by atoms with E-state index in [1.165, 1.54) is 18.3 Å². The van der Waals surface area contributed by atoms with Gasteiger partial charge in [-0.1, -0.05) is 0 Å². The van der Waals surface area contributed by atoms with Gasteiger partial charge in [-0.2, -0.15) is 12.6 Å². The number of thiol groups is 1. The summed E-state index contributed by atoms with van der Waals surface area (Å²) < 4.78 is 0.511. The maximum atomic E-state index is 5.48. The number of hydrogen-bond acceptors (Lipinski definition) is 1. The summed E-state index contributed by atoms with van der Waals surface area (Å²) in [4.78, 5) is 0. The normalized spacial score (nSPS) is 80.4. The second-order valence-corrected chi connectivity index (χ2v) is 10.6. The third kappa shape index (κ3) is 0.779. The van der Waals surface area contributed by atoms with Crippen molar-refractivity contribution in [2.24, 2.45) is 58.7 Å². The van der Waals surface area contributed by atoms with Gasteiger partial charge in [0.25, 0.3) is 0 Å². The van der Waals surface area contributed by atoms with Crippen LogP contribution in [0, 0.1) is 58.7 Å². The van der Waals surface area contributed by atoms with E-state index in [0.717, 1.165) is 46.8 Å². The molecule has 0 radical (unpaired) electrons. The summed E-state index contributed by atoms with van der Waals surface area (Å²) in [6, 6.07) is 0. The van der Waals surface area contributed by atoms with Crippen molar-refractivity contribution in [3.63, 3.8) is 0 Å². The minimum Gasteiger partial charge on any atom is -0.172 e. The molecule has 0 aromatic heterocycles. The minimum absolute atomic E-state index is 0.511. The lowest BCUT2D eigenvalue weighted by Crippen LogP contribution is -2.81. The van der Waals surface area contributed by atoms with Gasteiger partial charge in [-0.05, 0) is 104 Å². The molecule has 102 valence electrons. The molecule has 1 heteroatoms. The first-order valence-corrected chi connectivity index (χ1v) is 9.38. The van der Waals surface area contributed by atoms with Gasteiger partial charge >= 0.3 is 0 Å². The van der Waals surface area contributed by atoms with Crippen LogP contribution in [0.25, 0.3) is 0 Å². The second-order valence-electron chi connectivity index (χ2n) is 9.78. The molecule has 0 aromatic carbocycles. The molecular weight excluding hydrogens is 248 g/mol. The van der Waals surface area contributed by atoms with Crippen LogP contribution in [0.2, 0.25) is 0 Å². The quantitative estimate of drug-likeness (QED) is 0.633. The monoisotopic (exact) mass is 272 g/mol. The van der Waals surface area contributed by atoms with Gasteiger partial charge in [0.15, 0.2) is 0 Å². The molecular formula is C18H24S. The molecule has 0 N–H and O–H groups in total. The smallest absolute Gasteiger partial charge is 0.0199 e. The van der Waals surface area contributed by atoms with E-state index in [9.17, 15) is 0 Å². The van der Waals surface area contributed by atoms with Crippen molar-refractivity contribution in [3.05, 3.63) is 0 Å². The maximum absolute atomic E-state index is 5.48. The Bertz CT molecular complexity index is 510. The van der Waals surface area contributed by atoms with E-state index in [-0.39, 0.29) is 0 Å². The Morgan fingerprint density at radius 1 is 0.737 bits per heavy atom. The molecule has 10 rings (SSSR count). The van der Waals surface area contributed by atoms with Crippen molar-refractivity contribution in [1.82, 2.24) is 0 Å². The van der Waals surface area contributed by atoms with E-state index >= 15 is 0 Å². The van der Waals surface area contributed by atoms with Gasteiger partial charge in [0.05, 0.1) is 0 Å². The average molecular weight is 272 g/mol. The molecule has 10 aliphatic carbocycles. The van der Waals surface area contributed by atoms with Gasteiger partial charge in [0.1, 0.15) is 0 Å². The first kappa shape index (κ1) is 10.1. The lowest BCUT2D eigenvalue weighted by atomic mass is 9.21. The Hall–Kier alpha value is 0.350. The van der Waals surface area contributed by atoms with Crippen molar-refractivity contribution in [2.45, 2.75) is 49.7 Å². The van der Waals surface area contributed by atoms with E-state index in [1.54, 1.807) is 38.5 Å². The highest BCUT2D eigenvalue weighted by Gasteiger charge is 2.81. The molecule has 0 heterocycles. The largest absolute Gasteiger partial charge is 0.172 e. The predicted octanol–water partition coefficient (Wildman–Crippen LogP) is 4.01. The van der Waals surface area contributed by atoms with Crippen LogP contribution in [0.15, 0.2) is 0 Å². The molecule has 0 aliphatic heterocycles. The molecule has 19 heavy (non-hydrogen) atoms. The number of hydrogen-bond donors (Lipinski definition) is 1. The Labute approximate surface area is 121 Å². The Balaban J connectivity index is 1.58. The third-order valence-corrected chi connectivity index (χ3v) is 10.5. The lowest BCUT2D eigenvalue weighted by Gasteiger charge is -2.85.